The first-order valence-electron chi connectivity index (χ1n) is 5.74. The molecule has 3 N–H and O–H groups in total. The Labute approximate surface area is 132 Å². The van der Waals surface area contributed by atoms with Crippen LogP contribution < -0.4 is 11.1 Å². The fraction of sp³-hybridized carbons (Fsp3) is 0.0714. The van der Waals surface area contributed by atoms with Crippen LogP contribution in [-0.2, 0) is 11.2 Å². The molecule has 0 atom stereocenters. The van der Waals surface area contributed by atoms with E-state index >= 15 is 0 Å². The Hall–Kier alpha value is -1.40. The summed E-state index contributed by atoms with van der Waals surface area (Å²) in [5, 5.41) is 2.74. The van der Waals surface area contributed by atoms with Crippen molar-refractivity contribution < 1.29 is 9.18 Å². The molecule has 0 fully saturated rings. The molecule has 0 unspecified atom stereocenters. The van der Waals surface area contributed by atoms with Crippen LogP contribution in [-0.4, -0.2) is 5.91 Å². The second kappa shape index (κ2) is 6.37. The van der Waals surface area contributed by atoms with E-state index in [2.05, 4.69) is 37.2 Å². The van der Waals surface area contributed by atoms with Crippen molar-refractivity contribution in [3.63, 3.8) is 0 Å². The Kier molecular flexibility index (Phi) is 4.77. The van der Waals surface area contributed by atoms with E-state index in [1.54, 1.807) is 24.3 Å². The number of halogens is 3. The molecular formula is C14H11Br2FN2O. The predicted octanol–water partition coefficient (Wildman–Crippen LogP) is 4.11. The van der Waals surface area contributed by atoms with Crippen molar-refractivity contribution in [2.75, 3.05) is 11.1 Å². The fourth-order valence-corrected chi connectivity index (χ4v) is 3.05. The van der Waals surface area contributed by atoms with E-state index < -0.39 is 0 Å². The second-order valence-electron chi connectivity index (χ2n) is 4.20. The van der Waals surface area contributed by atoms with Crippen LogP contribution in [0.25, 0.3) is 0 Å². The van der Waals surface area contributed by atoms with Crippen LogP contribution in [0.2, 0.25) is 0 Å². The maximum atomic E-state index is 12.8. The summed E-state index contributed by atoms with van der Waals surface area (Å²) in [7, 11) is 0. The van der Waals surface area contributed by atoms with E-state index in [1.807, 2.05) is 0 Å². The third kappa shape index (κ3) is 3.80. The minimum absolute atomic E-state index is 0.155. The highest BCUT2D eigenvalue weighted by Gasteiger charge is 2.10. The van der Waals surface area contributed by atoms with Crippen molar-refractivity contribution >= 4 is 49.1 Å². The standard InChI is InChI=1S/C14H11Br2FN2O/c15-9-6-11(16)14(12(18)7-9)19-13(20)5-8-1-3-10(17)4-2-8/h1-4,6-7H,5,18H2,(H,19,20). The summed E-state index contributed by atoms with van der Waals surface area (Å²) in [6, 6.07) is 9.31. The topological polar surface area (TPSA) is 55.1 Å². The van der Waals surface area contributed by atoms with Crippen molar-refractivity contribution in [2.24, 2.45) is 0 Å². The van der Waals surface area contributed by atoms with Gasteiger partial charge in [-0.3, -0.25) is 4.79 Å². The van der Waals surface area contributed by atoms with E-state index in [0.29, 0.717) is 15.8 Å². The largest absolute Gasteiger partial charge is 0.397 e. The lowest BCUT2D eigenvalue weighted by Crippen LogP contribution is -2.16. The van der Waals surface area contributed by atoms with Gasteiger partial charge >= 0.3 is 0 Å². The number of benzene rings is 2. The first kappa shape index (κ1) is 15.0. The number of amides is 1. The van der Waals surface area contributed by atoms with Gasteiger partial charge < -0.3 is 11.1 Å². The van der Waals surface area contributed by atoms with Gasteiger partial charge in [-0.05, 0) is 45.8 Å². The Balaban J connectivity index is 2.10. The Morgan fingerprint density at radius 3 is 2.45 bits per heavy atom. The summed E-state index contributed by atoms with van der Waals surface area (Å²) in [6.45, 7) is 0. The zero-order chi connectivity index (χ0) is 14.7. The molecule has 2 rings (SSSR count). The van der Waals surface area contributed by atoms with Crippen molar-refractivity contribution in [2.45, 2.75) is 6.42 Å². The average Bonchev–Trinajstić information content (AvgIpc) is 2.36. The van der Waals surface area contributed by atoms with E-state index in [-0.39, 0.29) is 18.1 Å². The number of carbonyl (C=O) groups excluding carboxylic acids is 1. The molecule has 2 aromatic rings. The van der Waals surface area contributed by atoms with Crippen molar-refractivity contribution in [3.8, 4) is 0 Å². The molecular weight excluding hydrogens is 391 g/mol. The first-order valence-corrected chi connectivity index (χ1v) is 7.33. The summed E-state index contributed by atoms with van der Waals surface area (Å²) in [6.07, 6.45) is 0.155. The predicted molar refractivity (Wildman–Crippen MR) is 85.0 cm³/mol. The van der Waals surface area contributed by atoms with Gasteiger partial charge in [-0.2, -0.15) is 0 Å². The Morgan fingerprint density at radius 2 is 1.85 bits per heavy atom. The number of rotatable bonds is 3. The minimum atomic E-state index is -0.325. The normalized spacial score (nSPS) is 10.3. The van der Waals surface area contributed by atoms with Gasteiger partial charge in [0.15, 0.2) is 0 Å². The average molecular weight is 402 g/mol. The zero-order valence-electron chi connectivity index (χ0n) is 10.3. The molecule has 104 valence electrons. The molecule has 0 saturated carbocycles. The number of nitrogens with two attached hydrogens (primary N) is 1. The second-order valence-corrected chi connectivity index (χ2v) is 5.97. The maximum Gasteiger partial charge on any atom is 0.228 e. The molecule has 0 radical (unpaired) electrons. The molecule has 0 aliphatic rings. The molecule has 0 aliphatic heterocycles. The summed E-state index contributed by atoms with van der Waals surface area (Å²) < 4.78 is 14.3. The Bertz CT molecular complexity index is 621. The van der Waals surface area contributed by atoms with Gasteiger partial charge in [0, 0.05) is 8.95 Å². The third-order valence-corrected chi connectivity index (χ3v) is 3.71. The molecule has 0 spiro atoms. The molecule has 0 aromatic heterocycles. The van der Waals surface area contributed by atoms with E-state index in [1.165, 1.54) is 12.1 Å². The van der Waals surface area contributed by atoms with Gasteiger partial charge in [0.1, 0.15) is 5.82 Å². The molecule has 6 heteroatoms. The van der Waals surface area contributed by atoms with Gasteiger partial charge in [-0.15, -0.1) is 0 Å². The molecule has 0 heterocycles. The van der Waals surface area contributed by atoms with Crippen LogP contribution in [0.3, 0.4) is 0 Å². The van der Waals surface area contributed by atoms with Crippen molar-refractivity contribution in [3.05, 3.63) is 56.7 Å². The lowest BCUT2D eigenvalue weighted by molar-refractivity contribution is -0.115. The van der Waals surface area contributed by atoms with Gasteiger partial charge in [-0.1, -0.05) is 28.1 Å². The summed E-state index contributed by atoms with van der Waals surface area (Å²) >= 11 is 6.66. The van der Waals surface area contributed by atoms with Gasteiger partial charge in [0.2, 0.25) is 5.91 Å². The Morgan fingerprint density at radius 1 is 1.20 bits per heavy atom. The fourth-order valence-electron chi connectivity index (χ4n) is 1.70. The van der Waals surface area contributed by atoms with E-state index in [9.17, 15) is 9.18 Å². The molecule has 0 saturated heterocycles. The minimum Gasteiger partial charge on any atom is -0.397 e. The number of nitrogen functional groups attached to an aromatic ring is 1. The molecule has 1 amide bonds. The lowest BCUT2D eigenvalue weighted by Gasteiger charge is -2.11. The summed E-state index contributed by atoms with van der Waals surface area (Å²) in [5.41, 5.74) is 7.58. The smallest absolute Gasteiger partial charge is 0.228 e. The highest BCUT2D eigenvalue weighted by molar-refractivity contribution is 9.11. The zero-order valence-corrected chi connectivity index (χ0v) is 13.5. The van der Waals surface area contributed by atoms with Crippen LogP contribution in [0.4, 0.5) is 15.8 Å². The highest BCUT2D eigenvalue weighted by atomic mass is 79.9. The maximum absolute atomic E-state index is 12.8. The van der Waals surface area contributed by atoms with Crippen LogP contribution in [0.5, 0.6) is 0 Å². The number of hydrogen-bond acceptors (Lipinski definition) is 2. The first-order chi connectivity index (χ1) is 9.45. The third-order valence-electron chi connectivity index (χ3n) is 2.63. The van der Waals surface area contributed by atoms with Gasteiger partial charge in [0.05, 0.1) is 17.8 Å². The number of carbonyl (C=O) groups is 1. The molecule has 0 aliphatic carbocycles. The van der Waals surface area contributed by atoms with Crippen LogP contribution in [0, 0.1) is 5.82 Å². The van der Waals surface area contributed by atoms with Crippen molar-refractivity contribution in [1.82, 2.24) is 0 Å². The van der Waals surface area contributed by atoms with Gasteiger partial charge in [0.25, 0.3) is 0 Å². The number of anilines is 2. The van der Waals surface area contributed by atoms with Crippen LogP contribution >= 0.6 is 31.9 Å². The van der Waals surface area contributed by atoms with E-state index in [0.717, 1.165) is 10.0 Å². The monoisotopic (exact) mass is 400 g/mol. The molecule has 3 nitrogen and oxygen atoms in total. The molecule has 20 heavy (non-hydrogen) atoms. The van der Waals surface area contributed by atoms with Crippen molar-refractivity contribution in [1.29, 1.82) is 0 Å². The number of nitrogens with one attached hydrogen (secondary N) is 1. The molecule has 0 bridgehead atoms. The lowest BCUT2D eigenvalue weighted by atomic mass is 10.1. The van der Waals surface area contributed by atoms with Crippen LogP contribution in [0.1, 0.15) is 5.56 Å². The highest BCUT2D eigenvalue weighted by Crippen LogP contribution is 2.32. The SMILES string of the molecule is Nc1cc(Br)cc(Br)c1NC(=O)Cc1ccc(F)cc1. The van der Waals surface area contributed by atoms with Crippen LogP contribution in [0.15, 0.2) is 45.3 Å². The van der Waals surface area contributed by atoms with E-state index in [4.69, 9.17) is 5.73 Å². The quantitative estimate of drug-likeness (QED) is 0.760. The summed E-state index contributed by atoms with van der Waals surface area (Å²) in [4.78, 5) is 12.0. The van der Waals surface area contributed by atoms with Gasteiger partial charge in [-0.25, -0.2) is 4.39 Å². The molecule has 2 aromatic carbocycles. The summed E-state index contributed by atoms with van der Waals surface area (Å²) in [5.74, 6) is -0.541. The number of hydrogen-bond donors (Lipinski definition) is 2.